The van der Waals surface area contributed by atoms with Crippen LogP contribution in [0.3, 0.4) is 0 Å². The van der Waals surface area contributed by atoms with Crippen LogP contribution in [-0.2, 0) is 6.54 Å². The van der Waals surface area contributed by atoms with Gasteiger partial charge in [-0.05, 0) is 17.9 Å². The number of anilines is 1. The first kappa shape index (κ1) is 11.8. The van der Waals surface area contributed by atoms with Crippen LogP contribution in [0.1, 0.15) is 5.56 Å². The van der Waals surface area contributed by atoms with E-state index >= 15 is 0 Å². The molecular formula is C14H18N6. The Morgan fingerprint density at radius 2 is 1.85 bits per heavy atom. The van der Waals surface area contributed by atoms with Crippen LogP contribution in [0.2, 0.25) is 0 Å². The van der Waals surface area contributed by atoms with Crippen LogP contribution >= 0.6 is 0 Å². The molecule has 1 N–H and O–H groups in total. The largest absolute Gasteiger partial charge is 0.340 e. The molecule has 2 fully saturated rings. The molecule has 20 heavy (non-hydrogen) atoms. The lowest BCUT2D eigenvalue weighted by molar-refractivity contribution is 0.308. The smallest absolute Gasteiger partial charge is 0.225 e. The van der Waals surface area contributed by atoms with E-state index in [0.29, 0.717) is 0 Å². The van der Waals surface area contributed by atoms with Crippen molar-refractivity contribution in [3.05, 3.63) is 36.4 Å². The van der Waals surface area contributed by atoms with Gasteiger partial charge in [0.25, 0.3) is 0 Å². The van der Waals surface area contributed by atoms with Gasteiger partial charge >= 0.3 is 0 Å². The molecule has 0 aromatic carbocycles. The third-order valence-corrected chi connectivity index (χ3v) is 4.36. The summed E-state index contributed by atoms with van der Waals surface area (Å²) in [6.45, 7) is 5.50. The van der Waals surface area contributed by atoms with E-state index in [1.807, 2.05) is 30.9 Å². The predicted octanol–water partition coefficient (Wildman–Crippen LogP) is 0.768. The van der Waals surface area contributed by atoms with Gasteiger partial charge < -0.3 is 4.90 Å². The summed E-state index contributed by atoms with van der Waals surface area (Å²) in [5, 5.41) is 6.89. The molecule has 2 aliphatic heterocycles. The summed E-state index contributed by atoms with van der Waals surface area (Å²) in [7, 11) is 0. The van der Waals surface area contributed by atoms with Gasteiger partial charge in [0.1, 0.15) is 0 Å². The number of aromatic nitrogens is 4. The molecule has 0 aliphatic carbocycles. The second-order valence-electron chi connectivity index (χ2n) is 5.77. The number of likely N-dealkylation sites (tertiary alicyclic amines) is 1. The topological polar surface area (TPSA) is 60.9 Å². The molecular weight excluding hydrogens is 252 g/mol. The lowest BCUT2D eigenvalue weighted by Gasteiger charge is -2.20. The molecule has 2 atom stereocenters. The normalized spacial score (nSPS) is 26.1. The summed E-state index contributed by atoms with van der Waals surface area (Å²) in [5.41, 5.74) is 1.27. The highest BCUT2D eigenvalue weighted by molar-refractivity contribution is 5.31. The number of aromatic amines is 1. The average molecular weight is 270 g/mol. The maximum atomic E-state index is 4.36. The Hall–Kier alpha value is -1.95. The number of nitrogens with zero attached hydrogens (tertiary/aromatic N) is 5. The zero-order chi connectivity index (χ0) is 13.4. The van der Waals surface area contributed by atoms with Crippen molar-refractivity contribution < 1.29 is 0 Å². The van der Waals surface area contributed by atoms with Gasteiger partial charge in [-0.15, -0.1) is 0 Å². The second kappa shape index (κ2) is 4.86. The first-order chi connectivity index (χ1) is 9.88. The van der Waals surface area contributed by atoms with Crippen molar-refractivity contribution in [2.24, 2.45) is 11.8 Å². The van der Waals surface area contributed by atoms with Gasteiger partial charge in [-0.2, -0.15) is 5.10 Å². The number of H-pyrrole nitrogens is 1. The highest BCUT2D eigenvalue weighted by Gasteiger charge is 2.40. The van der Waals surface area contributed by atoms with Crippen LogP contribution in [0, 0.1) is 11.8 Å². The maximum absolute atomic E-state index is 4.36. The molecule has 2 unspecified atom stereocenters. The summed E-state index contributed by atoms with van der Waals surface area (Å²) >= 11 is 0. The van der Waals surface area contributed by atoms with Crippen molar-refractivity contribution in [2.75, 3.05) is 31.1 Å². The molecule has 0 saturated carbocycles. The van der Waals surface area contributed by atoms with Gasteiger partial charge in [-0.3, -0.25) is 10.00 Å². The van der Waals surface area contributed by atoms with E-state index in [4.69, 9.17) is 0 Å². The fourth-order valence-corrected chi connectivity index (χ4v) is 3.46. The Balaban J connectivity index is 1.38. The Morgan fingerprint density at radius 1 is 1.10 bits per heavy atom. The zero-order valence-electron chi connectivity index (χ0n) is 11.3. The Labute approximate surface area is 117 Å². The molecule has 0 amide bonds. The first-order valence-electron chi connectivity index (χ1n) is 7.10. The number of rotatable bonds is 3. The molecule has 104 valence electrons. The Bertz CT molecular complexity index is 540. The molecule has 2 aliphatic rings. The molecule has 2 aromatic heterocycles. The van der Waals surface area contributed by atoms with Gasteiger partial charge in [0.2, 0.25) is 5.95 Å². The van der Waals surface area contributed by atoms with E-state index in [1.165, 1.54) is 18.7 Å². The number of nitrogens with one attached hydrogen (secondary N) is 1. The SMILES string of the molecule is c1cnc(N2CC3CN(Cc4cn[nH]c4)CC3C2)nc1. The minimum atomic E-state index is 0.741. The Kier molecular flexibility index (Phi) is 2.88. The van der Waals surface area contributed by atoms with Gasteiger partial charge in [-0.1, -0.05) is 0 Å². The molecule has 0 spiro atoms. The molecule has 6 nitrogen and oxygen atoms in total. The highest BCUT2D eigenvalue weighted by atomic mass is 15.3. The Morgan fingerprint density at radius 3 is 2.50 bits per heavy atom. The van der Waals surface area contributed by atoms with Crippen LogP contribution in [0.4, 0.5) is 5.95 Å². The zero-order valence-corrected chi connectivity index (χ0v) is 11.3. The summed E-state index contributed by atoms with van der Waals surface area (Å²) < 4.78 is 0. The van der Waals surface area contributed by atoms with E-state index in [1.54, 1.807) is 0 Å². The lowest BCUT2D eigenvalue weighted by atomic mass is 10.0. The molecule has 6 heteroatoms. The van der Waals surface area contributed by atoms with Crippen LogP contribution in [0.15, 0.2) is 30.9 Å². The van der Waals surface area contributed by atoms with Crippen molar-refractivity contribution in [1.29, 1.82) is 0 Å². The minimum Gasteiger partial charge on any atom is -0.340 e. The van der Waals surface area contributed by atoms with Crippen LogP contribution in [0.25, 0.3) is 0 Å². The number of hydrogen-bond acceptors (Lipinski definition) is 5. The summed E-state index contributed by atoms with van der Waals surface area (Å²) in [6, 6.07) is 1.87. The quantitative estimate of drug-likeness (QED) is 0.892. The summed E-state index contributed by atoms with van der Waals surface area (Å²) in [6.07, 6.45) is 7.54. The van der Waals surface area contributed by atoms with E-state index in [0.717, 1.165) is 37.4 Å². The van der Waals surface area contributed by atoms with Gasteiger partial charge in [-0.25, -0.2) is 9.97 Å². The molecule has 4 rings (SSSR count). The number of fused-ring (bicyclic) bond motifs is 1. The van der Waals surface area contributed by atoms with Gasteiger partial charge in [0.05, 0.1) is 6.20 Å². The fourth-order valence-electron chi connectivity index (χ4n) is 3.46. The molecule has 4 heterocycles. The van der Waals surface area contributed by atoms with Crippen LogP contribution < -0.4 is 4.90 Å². The molecule has 0 radical (unpaired) electrons. The van der Waals surface area contributed by atoms with E-state index in [9.17, 15) is 0 Å². The van der Waals surface area contributed by atoms with Crippen molar-refractivity contribution >= 4 is 5.95 Å². The maximum Gasteiger partial charge on any atom is 0.225 e. The van der Waals surface area contributed by atoms with Gasteiger partial charge in [0.15, 0.2) is 0 Å². The van der Waals surface area contributed by atoms with Crippen LogP contribution in [-0.4, -0.2) is 51.2 Å². The highest BCUT2D eigenvalue weighted by Crippen LogP contribution is 2.33. The predicted molar refractivity (Wildman–Crippen MR) is 75.1 cm³/mol. The number of hydrogen-bond donors (Lipinski definition) is 1. The van der Waals surface area contributed by atoms with Crippen molar-refractivity contribution in [2.45, 2.75) is 6.54 Å². The standard InChI is InChI=1S/C14H18N6/c1-2-15-14(16-3-1)20-9-12-7-19(8-13(12)10-20)6-11-4-17-18-5-11/h1-5,12-13H,6-10H2,(H,17,18). The fraction of sp³-hybridized carbons (Fsp3) is 0.500. The molecule has 0 bridgehead atoms. The lowest BCUT2D eigenvalue weighted by Crippen LogP contribution is -2.29. The minimum absolute atomic E-state index is 0.741. The molecule has 2 saturated heterocycles. The first-order valence-corrected chi connectivity index (χ1v) is 7.10. The molecule has 2 aromatic rings. The van der Waals surface area contributed by atoms with Crippen molar-refractivity contribution in [3.63, 3.8) is 0 Å². The second-order valence-corrected chi connectivity index (χ2v) is 5.77. The van der Waals surface area contributed by atoms with E-state index < -0.39 is 0 Å². The van der Waals surface area contributed by atoms with E-state index in [-0.39, 0.29) is 0 Å². The summed E-state index contributed by atoms with van der Waals surface area (Å²) in [4.78, 5) is 13.6. The third-order valence-electron chi connectivity index (χ3n) is 4.36. The van der Waals surface area contributed by atoms with Crippen molar-refractivity contribution in [1.82, 2.24) is 25.1 Å². The summed E-state index contributed by atoms with van der Waals surface area (Å²) in [5.74, 6) is 2.36. The third kappa shape index (κ3) is 2.16. The van der Waals surface area contributed by atoms with Crippen LogP contribution in [0.5, 0.6) is 0 Å². The average Bonchev–Trinajstić information content (AvgIpc) is 3.16. The monoisotopic (exact) mass is 270 g/mol. The van der Waals surface area contributed by atoms with Gasteiger partial charge in [0, 0.05) is 56.9 Å². The van der Waals surface area contributed by atoms with Crippen molar-refractivity contribution in [3.8, 4) is 0 Å². The van der Waals surface area contributed by atoms with E-state index in [2.05, 4.69) is 30.0 Å².